The van der Waals surface area contributed by atoms with Gasteiger partial charge in [0.2, 0.25) is 0 Å². The minimum Gasteiger partial charge on any atom is -0.361 e. The topological polar surface area (TPSA) is 55.9 Å². The van der Waals surface area contributed by atoms with E-state index in [0.29, 0.717) is 0 Å². The first-order chi connectivity index (χ1) is 8.08. The molecule has 0 aliphatic rings. The molecule has 0 aromatic carbocycles. The van der Waals surface area contributed by atoms with Crippen LogP contribution in [0.25, 0.3) is 0 Å². The van der Waals surface area contributed by atoms with Crippen LogP contribution in [0, 0.1) is 13.8 Å². The van der Waals surface area contributed by atoms with E-state index < -0.39 is 0 Å². The van der Waals surface area contributed by atoms with Crippen molar-refractivity contribution in [1.82, 2.24) is 20.3 Å². The van der Waals surface area contributed by atoms with Gasteiger partial charge < -0.3 is 9.84 Å². The summed E-state index contributed by atoms with van der Waals surface area (Å²) in [5.74, 6) is 0.883. The van der Waals surface area contributed by atoms with E-state index in [1.165, 1.54) is 5.56 Å². The van der Waals surface area contributed by atoms with Crippen LogP contribution in [0.4, 0.5) is 0 Å². The van der Waals surface area contributed by atoms with Gasteiger partial charge in [0.25, 0.3) is 0 Å². The van der Waals surface area contributed by atoms with Gasteiger partial charge in [0.1, 0.15) is 5.76 Å². The molecule has 5 heteroatoms. The molecule has 2 rings (SSSR count). The molecular formula is C12H18N4O. The van der Waals surface area contributed by atoms with E-state index in [2.05, 4.69) is 22.5 Å². The Kier molecular flexibility index (Phi) is 3.28. The first-order valence-corrected chi connectivity index (χ1v) is 5.71. The number of nitrogens with zero attached hydrogens (tertiary/aromatic N) is 3. The van der Waals surface area contributed by atoms with E-state index in [4.69, 9.17) is 4.52 Å². The lowest BCUT2D eigenvalue weighted by Gasteiger charge is -2.12. The van der Waals surface area contributed by atoms with Gasteiger partial charge in [0.05, 0.1) is 11.9 Å². The minimum absolute atomic E-state index is 0.224. The Morgan fingerprint density at radius 2 is 2.24 bits per heavy atom. The third-order valence-corrected chi connectivity index (χ3v) is 2.89. The van der Waals surface area contributed by atoms with Crippen molar-refractivity contribution in [2.45, 2.75) is 33.4 Å². The van der Waals surface area contributed by atoms with Crippen LogP contribution in [0.5, 0.6) is 0 Å². The van der Waals surface area contributed by atoms with Crippen molar-refractivity contribution >= 4 is 0 Å². The van der Waals surface area contributed by atoms with Gasteiger partial charge in [0, 0.05) is 37.0 Å². The Morgan fingerprint density at radius 3 is 2.76 bits per heavy atom. The van der Waals surface area contributed by atoms with E-state index in [0.717, 1.165) is 23.6 Å². The summed E-state index contributed by atoms with van der Waals surface area (Å²) in [6, 6.07) is 0.224. The van der Waals surface area contributed by atoms with Gasteiger partial charge in [0.15, 0.2) is 0 Å². The van der Waals surface area contributed by atoms with Gasteiger partial charge in [-0.3, -0.25) is 4.68 Å². The van der Waals surface area contributed by atoms with Crippen molar-refractivity contribution in [2.75, 3.05) is 0 Å². The predicted molar refractivity (Wildman–Crippen MR) is 64.4 cm³/mol. The zero-order chi connectivity index (χ0) is 12.4. The molecule has 92 valence electrons. The van der Waals surface area contributed by atoms with Crippen LogP contribution in [0.3, 0.4) is 0 Å². The van der Waals surface area contributed by atoms with Crippen molar-refractivity contribution in [3.8, 4) is 0 Å². The van der Waals surface area contributed by atoms with Gasteiger partial charge in [-0.2, -0.15) is 5.10 Å². The summed E-state index contributed by atoms with van der Waals surface area (Å²) in [6.45, 7) is 6.81. The van der Waals surface area contributed by atoms with Crippen LogP contribution in [0.15, 0.2) is 16.9 Å². The highest BCUT2D eigenvalue weighted by Crippen LogP contribution is 2.21. The maximum absolute atomic E-state index is 5.17. The number of hydrogen-bond donors (Lipinski definition) is 1. The second-order valence-electron chi connectivity index (χ2n) is 4.36. The molecule has 0 aliphatic heterocycles. The van der Waals surface area contributed by atoms with Gasteiger partial charge >= 0.3 is 0 Å². The molecular weight excluding hydrogens is 216 g/mol. The lowest BCUT2D eigenvalue weighted by molar-refractivity contribution is 0.390. The second kappa shape index (κ2) is 4.71. The van der Waals surface area contributed by atoms with Gasteiger partial charge in [-0.05, 0) is 20.8 Å². The van der Waals surface area contributed by atoms with E-state index in [1.807, 2.05) is 33.3 Å². The van der Waals surface area contributed by atoms with Gasteiger partial charge in [-0.25, -0.2) is 0 Å². The zero-order valence-electron chi connectivity index (χ0n) is 10.7. The molecule has 1 unspecified atom stereocenters. The molecule has 0 saturated heterocycles. The van der Waals surface area contributed by atoms with E-state index in [-0.39, 0.29) is 6.04 Å². The lowest BCUT2D eigenvalue weighted by atomic mass is 10.1. The van der Waals surface area contributed by atoms with Crippen LogP contribution in [0.2, 0.25) is 0 Å². The molecule has 1 atom stereocenters. The van der Waals surface area contributed by atoms with Crippen molar-refractivity contribution < 1.29 is 4.52 Å². The highest BCUT2D eigenvalue weighted by atomic mass is 16.5. The van der Waals surface area contributed by atoms with Crippen LogP contribution in [-0.4, -0.2) is 14.9 Å². The molecule has 17 heavy (non-hydrogen) atoms. The summed E-state index contributed by atoms with van der Waals surface area (Å²) in [6.07, 6.45) is 3.88. The lowest BCUT2D eigenvalue weighted by Crippen LogP contribution is -2.18. The fourth-order valence-corrected chi connectivity index (χ4v) is 2.04. The van der Waals surface area contributed by atoms with Crippen LogP contribution in [0.1, 0.15) is 35.5 Å². The first kappa shape index (κ1) is 11.9. The Hall–Kier alpha value is -1.62. The minimum atomic E-state index is 0.224. The maximum Gasteiger partial charge on any atom is 0.138 e. The van der Waals surface area contributed by atoms with Gasteiger partial charge in [-0.1, -0.05) is 5.16 Å². The number of aryl methyl sites for hydroxylation is 3. The van der Waals surface area contributed by atoms with Crippen molar-refractivity contribution in [1.29, 1.82) is 0 Å². The third kappa shape index (κ3) is 2.55. The average molecular weight is 234 g/mol. The van der Waals surface area contributed by atoms with Crippen LogP contribution >= 0.6 is 0 Å². The third-order valence-electron chi connectivity index (χ3n) is 2.89. The number of aromatic nitrogens is 3. The van der Waals surface area contributed by atoms with Crippen molar-refractivity contribution in [3.63, 3.8) is 0 Å². The predicted octanol–water partition coefficient (Wildman–Crippen LogP) is 1.88. The molecule has 2 heterocycles. The zero-order valence-corrected chi connectivity index (χ0v) is 10.7. The summed E-state index contributed by atoms with van der Waals surface area (Å²) >= 11 is 0. The highest BCUT2D eigenvalue weighted by Gasteiger charge is 2.15. The fraction of sp³-hybridized carbons (Fsp3) is 0.500. The summed E-state index contributed by atoms with van der Waals surface area (Å²) in [5.41, 5.74) is 3.27. The first-order valence-electron chi connectivity index (χ1n) is 5.71. The number of hydrogen-bond acceptors (Lipinski definition) is 4. The monoisotopic (exact) mass is 234 g/mol. The molecule has 0 radical (unpaired) electrons. The van der Waals surface area contributed by atoms with E-state index in [1.54, 1.807) is 4.68 Å². The fourth-order valence-electron chi connectivity index (χ4n) is 2.04. The molecule has 0 aliphatic carbocycles. The molecule has 0 bridgehead atoms. The molecule has 5 nitrogen and oxygen atoms in total. The second-order valence-corrected chi connectivity index (χ2v) is 4.36. The Labute approximate surface area is 101 Å². The van der Waals surface area contributed by atoms with Crippen molar-refractivity contribution in [3.05, 3.63) is 35.0 Å². The molecule has 2 aromatic rings. The standard InChI is InChI=1S/C12H18N4O/c1-8(12-9(2)15-17-10(12)3)13-5-11-6-14-16(4)7-11/h6-8,13H,5H2,1-4H3. The van der Waals surface area contributed by atoms with Crippen molar-refractivity contribution in [2.24, 2.45) is 7.05 Å². The Balaban J connectivity index is 2.00. The summed E-state index contributed by atoms with van der Waals surface area (Å²) < 4.78 is 6.97. The van der Waals surface area contributed by atoms with E-state index >= 15 is 0 Å². The smallest absolute Gasteiger partial charge is 0.138 e. The molecule has 1 N–H and O–H groups in total. The van der Waals surface area contributed by atoms with Gasteiger partial charge in [-0.15, -0.1) is 0 Å². The maximum atomic E-state index is 5.17. The summed E-state index contributed by atoms with van der Waals surface area (Å²) in [4.78, 5) is 0. The molecule has 0 fully saturated rings. The quantitative estimate of drug-likeness (QED) is 0.877. The normalized spacial score (nSPS) is 12.9. The molecule has 0 spiro atoms. The highest BCUT2D eigenvalue weighted by molar-refractivity contribution is 5.24. The summed E-state index contributed by atoms with van der Waals surface area (Å²) in [5, 5.41) is 11.5. The Bertz CT molecular complexity index is 481. The average Bonchev–Trinajstić information content (AvgIpc) is 2.83. The summed E-state index contributed by atoms with van der Waals surface area (Å²) in [7, 11) is 1.92. The van der Waals surface area contributed by atoms with E-state index in [9.17, 15) is 0 Å². The number of rotatable bonds is 4. The molecule has 0 saturated carbocycles. The molecule has 0 amide bonds. The van der Waals surface area contributed by atoms with Crippen LogP contribution in [-0.2, 0) is 13.6 Å². The Morgan fingerprint density at radius 1 is 1.47 bits per heavy atom. The molecule has 2 aromatic heterocycles. The number of nitrogens with one attached hydrogen (secondary N) is 1. The van der Waals surface area contributed by atoms with Crippen LogP contribution < -0.4 is 5.32 Å². The largest absolute Gasteiger partial charge is 0.361 e. The SMILES string of the molecule is Cc1noc(C)c1C(C)NCc1cnn(C)c1.